The molecule has 3 heteroatoms. The van der Waals surface area contributed by atoms with Crippen molar-refractivity contribution < 1.29 is 4.79 Å². The monoisotopic (exact) mass is 400 g/mol. The van der Waals surface area contributed by atoms with Crippen LogP contribution in [0.2, 0.25) is 0 Å². The molecular weight excluding hydrogens is 368 g/mol. The van der Waals surface area contributed by atoms with E-state index in [2.05, 4.69) is 97.1 Å². The van der Waals surface area contributed by atoms with Crippen molar-refractivity contribution in [2.24, 2.45) is 11.8 Å². The minimum absolute atomic E-state index is 0.117. The third-order valence-electron chi connectivity index (χ3n) is 6.53. The van der Waals surface area contributed by atoms with Crippen LogP contribution in [-0.4, -0.2) is 21.4 Å². The van der Waals surface area contributed by atoms with Crippen LogP contribution in [0.15, 0.2) is 79.0 Å². The molecule has 0 aliphatic heterocycles. The molecule has 4 rings (SSSR count). The largest absolute Gasteiger partial charge is 0.345 e. The summed E-state index contributed by atoms with van der Waals surface area (Å²) in [5, 5.41) is 0. The summed E-state index contributed by atoms with van der Waals surface area (Å²) in [4.78, 5) is 15.7. The molecule has 2 aromatic carbocycles. The van der Waals surface area contributed by atoms with Gasteiger partial charge in [0.2, 0.25) is 5.91 Å². The molecule has 1 aromatic heterocycles. The van der Waals surface area contributed by atoms with Crippen molar-refractivity contribution in [2.45, 2.75) is 52.2 Å². The van der Waals surface area contributed by atoms with Gasteiger partial charge in [0.25, 0.3) is 0 Å². The van der Waals surface area contributed by atoms with Crippen molar-refractivity contribution in [1.82, 2.24) is 9.47 Å². The van der Waals surface area contributed by atoms with Gasteiger partial charge in [0.05, 0.1) is 6.54 Å². The highest BCUT2D eigenvalue weighted by Crippen LogP contribution is 2.48. The number of rotatable bonds is 8. The predicted molar refractivity (Wildman–Crippen MR) is 122 cm³/mol. The molecule has 1 amide bonds. The summed E-state index contributed by atoms with van der Waals surface area (Å²) in [6, 6.07) is 25.4. The van der Waals surface area contributed by atoms with E-state index in [-0.39, 0.29) is 12.0 Å². The molecular formula is C27H32N2O. The first-order valence-electron chi connectivity index (χ1n) is 11.1. The van der Waals surface area contributed by atoms with Crippen LogP contribution < -0.4 is 0 Å². The van der Waals surface area contributed by atoms with Crippen molar-refractivity contribution >= 4 is 5.91 Å². The first-order valence-corrected chi connectivity index (χ1v) is 11.1. The Morgan fingerprint density at radius 2 is 1.63 bits per heavy atom. The van der Waals surface area contributed by atoms with Gasteiger partial charge >= 0.3 is 0 Å². The fraction of sp³-hybridized carbons (Fsp3) is 0.370. The second-order valence-electron chi connectivity index (χ2n) is 8.92. The molecule has 0 saturated heterocycles. The Labute approximate surface area is 180 Å². The zero-order valence-corrected chi connectivity index (χ0v) is 18.2. The van der Waals surface area contributed by atoms with Crippen LogP contribution in [0.3, 0.4) is 0 Å². The third-order valence-corrected chi connectivity index (χ3v) is 6.53. The molecule has 30 heavy (non-hydrogen) atoms. The number of amides is 1. The van der Waals surface area contributed by atoms with E-state index in [9.17, 15) is 4.79 Å². The van der Waals surface area contributed by atoms with Gasteiger partial charge in [-0.2, -0.15) is 0 Å². The fourth-order valence-electron chi connectivity index (χ4n) is 4.23. The van der Waals surface area contributed by atoms with Crippen LogP contribution in [0.5, 0.6) is 0 Å². The Bertz CT molecular complexity index is 961. The van der Waals surface area contributed by atoms with Crippen molar-refractivity contribution in [3.63, 3.8) is 0 Å². The van der Waals surface area contributed by atoms with E-state index in [0.29, 0.717) is 24.3 Å². The number of nitrogens with zero attached hydrogens (tertiary/aromatic N) is 2. The van der Waals surface area contributed by atoms with E-state index in [1.807, 2.05) is 12.1 Å². The van der Waals surface area contributed by atoms with Gasteiger partial charge in [-0.05, 0) is 48.4 Å². The van der Waals surface area contributed by atoms with Gasteiger partial charge in [-0.25, -0.2) is 0 Å². The van der Waals surface area contributed by atoms with E-state index in [1.165, 1.54) is 16.8 Å². The molecule has 1 aliphatic rings. The normalized spacial score (nSPS) is 18.9. The van der Waals surface area contributed by atoms with Crippen LogP contribution in [0.25, 0.3) is 0 Å². The fourth-order valence-corrected chi connectivity index (χ4v) is 4.23. The van der Waals surface area contributed by atoms with E-state index < -0.39 is 0 Å². The third kappa shape index (κ3) is 4.51. The summed E-state index contributed by atoms with van der Waals surface area (Å²) >= 11 is 0. The van der Waals surface area contributed by atoms with Crippen molar-refractivity contribution in [2.75, 3.05) is 0 Å². The van der Waals surface area contributed by atoms with Crippen LogP contribution in [0, 0.1) is 11.8 Å². The van der Waals surface area contributed by atoms with Crippen molar-refractivity contribution in [1.29, 1.82) is 0 Å². The number of benzene rings is 2. The molecule has 0 bridgehead atoms. The maximum Gasteiger partial charge on any atom is 0.226 e. The Morgan fingerprint density at radius 1 is 0.967 bits per heavy atom. The lowest BCUT2D eigenvalue weighted by Gasteiger charge is -2.32. The highest BCUT2D eigenvalue weighted by molar-refractivity contribution is 5.83. The molecule has 1 fully saturated rings. The van der Waals surface area contributed by atoms with Gasteiger partial charge in [-0.15, -0.1) is 0 Å². The smallest absolute Gasteiger partial charge is 0.226 e. The van der Waals surface area contributed by atoms with Crippen molar-refractivity contribution in [3.8, 4) is 0 Å². The molecule has 1 heterocycles. The average molecular weight is 401 g/mol. The zero-order chi connectivity index (χ0) is 21.1. The lowest BCUT2D eigenvalue weighted by atomic mass is 10.0. The number of aromatic nitrogens is 1. The molecule has 1 saturated carbocycles. The average Bonchev–Trinajstić information content (AvgIpc) is 3.46. The maximum atomic E-state index is 13.5. The van der Waals surface area contributed by atoms with Gasteiger partial charge in [0.1, 0.15) is 0 Å². The molecule has 3 nitrogen and oxygen atoms in total. The number of carbonyl (C=O) groups is 1. The summed E-state index contributed by atoms with van der Waals surface area (Å²) in [7, 11) is 0. The highest BCUT2D eigenvalue weighted by atomic mass is 16.2. The SMILES string of the molecule is CC(C)[C@H](C)N(Cc1cccn1Cc1ccccc1)C(=O)[C@H]1C[C@@H]1c1ccccc1. The first-order chi connectivity index (χ1) is 14.5. The topological polar surface area (TPSA) is 25.2 Å². The van der Waals surface area contributed by atoms with Crippen molar-refractivity contribution in [3.05, 3.63) is 95.8 Å². The van der Waals surface area contributed by atoms with E-state index >= 15 is 0 Å². The van der Waals surface area contributed by atoms with E-state index in [1.54, 1.807) is 0 Å². The van der Waals surface area contributed by atoms with Crippen LogP contribution in [0.1, 0.15) is 49.9 Å². The second-order valence-corrected chi connectivity index (χ2v) is 8.92. The number of hydrogen-bond donors (Lipinski definition) is 0. The lowest BCUT2D eigenvalue weighted by molar-refractivity contribution is -0.136. The molecule has 3 atom stereocenters. The molecule has 0 radical (unpaired) electrons. The summed E-state index contributed by atoms with van der Waals surface area (Å²) in [6.45, 7) is 8.09. The van der Waals surface area contributed by atoms with E-state index in [0.717, 1.165) is 13.0 Å². The maximum absolute atomic E-state index is 13.5. The van der Waals surface area contributed by atoms with Gasteiger partial charge < -0.3 is 9.47 Å². The lowest BCUT2D eigenvalue weighted by Crippen LogP contribution is -2.42. The van der Waals surface area contributed by atoms with Gasteiger partial charge in [0, 0.05) is 30.4 Å². The molecule has 1 aliphatic carbocycles. The van der Waals surface area contributed by atoms with E-state index in [4.69, 9.17) is 0 Å². The summed E-state index contributed by atoms with van der Waals surface area (Å²) < 4.78 is 2.27. The summed E-state index contributed by atoms with van der Waals surface area (Å²) in [5.74, 6) is 1.21. The Hall–Kier alpha value is -2.81. The first kappa shape index (κ1) is 20.5. The summed E-state index contributed by atoms with van der Waals surface area (Å²) in [6.07, 6.45) is 3.09. The summed E-state index contributed by atoms with van der Waals surface area (Å²) in [5.41, 5.74) is 3.76. The van der Waals surface area contributed by atoms with Gasteiger partial charge in [-0.1, -0.05) is 74.5 Å². The van der Waals surface area contributed by atoms with Gasteiger partial charge in [0.15, 0.2) is 0 Å². The minimum Gasteiger partial charge on any atom is -0.345 e. The molecule has 0 spiro atoms. The minimum atomic E-state index is 0.117. The number of carbonyl (C=O) groups excluding carboxylic acids is 1. The quantitative estimate of drug-likeness (QED) is 0.475. The van der Waals surface area contributed by atoms with Crippen LogP contribution >= 0.6 is 0 Å². The molecule has 0 N–H and O–H groups in total. The van der Waals surface area contributed by atoms with Crippen LogP contribution in [-0.2, 0) is 17.9 Å². The Kier molecular flexibility index (Phi) is 6.08. The standard InChI is InChI=1S/C27H32N2O/c1-20(2)21(3)29(27(30)26-17-25(26)23-13-8-5-9-14-23)19-24-15-10-16-28(24)18-22-11-6-4-7-12-22/h4-16,20-21,25-26H,17-19H2,1-3H3/t21-,25+,26-/m0/s1. The Balaban J connectivity index is 1.52. The van der Waals surface area contributed by atoms with Crippen LogP contribution in [0.4, 0.5) is 0 Å². The molecule has 156 valence electrons. The zero-order valence-electron chi connectivity index (χ0n) is 18.2. The second kappa shape index (κ2) is 8.91. The van der Waals surface area contributed by atoms with Gasteiger partial charge in [-0.3, -0.25) is 4.79 Å². The Morgan fingerprint density at radius 3 is 2.30 bits per heavy atom. The molecule has 3 aromatic rings. The molecule has 0 unspecified atom stereocenters. The highest BCUT2D eigenvalue weighted by Gasteiger charge is 2.46. The predicted octanol–water partition coefficient (Wildman–Crippen LogP) is 5.71. The number of hydrogen-bond acceptors (Lipinski definition) is 1.